The molecule has 1 aliphatic rings. The third-order valence-corrected chi connectivity index (χ3v) is 2.91. The molecule has 0 N–H and O–H groups in total. The van der Waals surface area contributed by atoms with E-state index in [0.717, 1.165) is 5.56 Å². The van der Waals surface area contributed by atoms with Crippen molar-refractivity contribution in [2.24, 2.45) is 0 Å². The molecule has 104 valence electrons. The largest absolute Gasteiger partial charge is 0.463 e. The van der Waals surface area contributed by atoms with Crippen molar-refractivity contribution in [3.05, 3.63) is 59.8 Å². The van der Waals surface area contributed by atoms with Crippen molar-refractivity contribution in [3.63, 3.8) is 0 Å². The Morgan fingerprint density at radius 1 is 1.30 bits per heavy atom. The normalized spacial score (nSPS) is 14.8. The van der Waals surface area contributed by atoms with Crippen LogP contribution in [0.5, 0.6) is 0 Å². The molecule has 0 aliphatic carbocycles. The zero-order chi connectivity index (χ0) is 14.4. The molecular weight excluding hydrogens is 254 g/mol. The van der Waals surface area contributed by atoms with E-state index in [1.807, 2.05) is 35.2 Å². The summed E-state index contributed by atoms with van der Waals surface area (Å²) >= 11 is 0. The molecule has 1 aromatic carbocycles. The molecule has 20 heavy (non-hydrogen) atoms. The monoisotopic (exact) mass is 271 g/mol. The number of nitrogens with zero attached hydrogens (tertiary/aromatic N) is 1. The lowest BCUT2D eigenvalue weighted by Gasteiger charge is -2.20. The Labute approximate surface area is 118 Å². The van der Waals surface area contributed by atoms with E-state index in [4.69, 9.17) is 4.74 Å². The van der Waals surface area contributed by atoms with Crippen LogP contribution >= 0.6 is 0 Å². The van der Waals surface area contributed by atoms with Gasteiger partial charge in [-0.25, -0.2) is 4.79 Å². The number of hydrogen-bond donors (Lipinski definition) is 0. The predicted octanol–water partition coefficient (Wildman–Crippen LogP) is 2.07. The van der Waals surface area contributed by atoms with Gasteiger partial charge in [0, 0.05) is 18.8 Å². The van der Waals surface area contributed by atoms with Crippen LogP contribution in [0.2, 0.25) is 0 Å². The molecule has 2 rings (SSSR count). The Kier molecular flexibility index (Phi) is 4.71. The number of hydrogen-bond acceptors (Lipinski definition) is 4. The van der Waals surface area contributed by atoms with Crippen LogP contribution in [0, 0.1) is 0 Å². The van der Waals surface area contributed by atoms with E-state index < -0.39 is 5.97 Å². The molecule has 4 heteroatoms. The van der Waals surface area contributed by atoms with Crippen molar-refractivity contribution in [3.8, 4) is 0 Å². The molecule has 4 nitrogen and oxygen atoms in total. The summed E-state index contributed by atoms with van der Waals surface area (Å²) in [6, 6.07) is 9.89. The van der Waals surface area contributed by atoms with E-state index in [-0.39, 0.29) is 5.78 Å². The second kappa shape index (κ2) is 6.70. The van der Waals surface area contributed by atoms with E-state index in [0.29, 0.717) is 25.3 Å². The molecule has 0 saturated heterocycles. The van der Waals surface area contributed by atoms with Gasteiger partial charge in [-0.3, -0.25) is 4.79 Å². The first-order valence-corrected chi connectivity index (χ1v) is 6.57. The van der Waals surface area contributed by atoms with E-state index in [1.165, 1.54) is 12.2 Å². The van der Waals surface area contributed by atoms with Crippen molar-refractivity contribution in [2.45, 2.75) is 13.5 Å². The molecule has 0 spiro atoms. The summed E-state index contributed by atoms with van der Waals surface area (Å²) in [5.41, 5.74) is 1.51. The van der Waals surface area contributed by atoms with Gasteiger partial charge in [-0.2, -0.15) is 0 Å². The standard InChI is InChI=1S/C16H17NO3/c1-2-20-16(19)14-10-15(18)8-9-17(12-14)11-13-6-4-3-5-7-13/h3-10H,2,11-12H2,1H3. The fourth-order valence-electron chi connectivity index (χ4n) is 1.99. The molecule has 1 aliphatic heterocycles. The molecule has 1 aromatic rings. The van der Waals surface area contributed by atoms with E-state index in [9.17, 15) is 9.59 Å². The minimum Gasteiger partial charge on any atom is -0.463 e. The molecule has 0 fully saturated rings. The highest BCUT2D eigenvalue weighted by molar-refractivity contribution is 6.05. The number of carbonyl (C=O) groups excluding carboxylic acids is 2. The smallest absolute Gasteiger partial charge is 0.335 e. The van der Waals surface area contributed by atoms with E-state index in [2.05, 4.69) is 0 Å². The Balaban J connectivity index is 2.11. The maximum absolute atomic E-state index is 11.8. The molecule has 0 unspecified atom stereocenters. The van der Waals surface area contributed by atoms with E-state index in [1.54, 1.807) is 13.1 Å². The average molecular weight is 271 g/mol. The first-order valence-electron chi connectivity index (χ1n) is 6.57. The molecule has 0 aromatic heterocycles. The second-order valence-corrected chi connectivity index (χ2v) is 4.50. The summed E-state index contributed by atoms with van der Waals surface area (Å²) in [5.74, 6) is -0.619. The Morgan fingerprint density at radius 2 is 2.05 bits per heavy atom. The SMILES string of the molecule is CCOC(=O)C1=CC(=O)C=CN(Cc2ccccc2)C1. The number of benzene rings is 1. The number of rotatable bonds is 4. The number of ketones is 1. The van der Waals surface area contributed by atoms with Crippen molar-refractivity contribution >= 4 is 11.8 Å². The first kappa shape index (κ1) is 14.1. The lowest BCUT2D eigenvalue weighted by molar-refractivity contribution is -0.138. The van der Waals surface area contributed by atoms with Crippen molar-refractivity contribution in [1.29, 1.82) is 0 Å². The van der Waals surface area contributed by atoms with E-state index >= 15 is 0 Å². The molecule has 1 heterocycles. The predicted molar refractivity (Wildman–Crippen MR) is 75.7 cm³/mol. The van der Waals surface area contributed by atoms with Crippen LogP contribution in [0.4, 0.5) is 0 Å². The van der Waals surface area contributed by atoms with Gasteiger partial charge in [-0.05, 0) is 18.6 Å². The lowest BCUT2D eigenvalue weighted by atomic mass is 10.2. The number of carbonyl (C=O) groups is 2. The Bertz CT molecular complexity index is 546. The van der Waals surface area contributed by atoms with Crippen LogP contribution in [0.3, 0.4) is 0 Å². The number of esters is 1. The average Bonchev–Trinajstić information content (AvgIpc) is 2.63. The summed E-state index contributed by atoms with van der Waals surface area (Å²) in [7, 11) is 0. The van der Waals surface area contributed by atoms with Crippen LogP contribution in [0.1, 0.15) is 12.5 Å². The van der Waals surface area contributed by atoms with Crippen molar-refractivity contribution in [1.82, 2.24) is 4.90 Å². The zero-order valence-electron chi connectivity index (χ0n) is 11.4. The Morgan fingerprint density at radius 3 is 2.75 bits per heavy atom. The first-order chi connectivity index (χ1) is 9.69. The number of ether oxygens (including phenoxy) is 1. The quantitative estimate of drug-likeness (QED) is 0.787. The van der Waals surface area contributed by atoms with Gasteiger partial charge in [0.2, 0.25) is 0 Å². The summed E-state index contributed by atoms with van der Waals surface area (Å²) in [6.07, 6.45) is 4.53. The van der Waals surface area contributed by atoms with Gasteiger partial charge in [0.25, 0.3) is 0 Å². The zero-order valence-corrected chi connectivity index (χ0v) is 11.4. The number of allylic oxidation sites excluding steroid dienone is 2. The summed E-state index contributed by atoms with van der Waals surface area (Å²) in [6.45, 7) is 3.06. The fraction of sp³-hybridized carbons (Fsp3) is 0.250. The molecule has 0 bridgehead atoms. The van der Waals surface area contributed by atoms with Gasteiger partial charge in [0.15, 0.2) is 5.78 Å². The Hall–Kier alpha value is -2.36. The van der Waals surface area contributed by atoms with Crippen LogP contribution < -0.4 is 0 Å². The van der Waals surface area contributed by atoms with Gasteiger partial charge < -0.3 is 9.64 Å². The third kappa shape index (κ3) is 3.82. The minimum atomic E-state index is -0.428. The molecule has 0 amide bonds. The van der Waals surface area contributed by atoms with Crippen LogP contribution in [-0.2, 0) is 20.9 Å². The summed E-state index contributed by atoms with van der Waals surface area (Å²) < 4.78 is 4.97. The highest BCUT2D eigenvalue weighted by Crippen LogP contribution is 2.12. The maximum atomic E-state index is 11.8. The summed E-state index contributed by atoms with van der Waals surface area (Å²) in [4.78, 5) is 25.3. The highest BCUT2D eigenvalue weighted by atomic mass is 16.5. The van der Waals surface area contributed by atoms with Crippen LogP contribution in [0.25, 0.3) is 0 Å². The highest BCUT2D eigenvalue weighted by Gasteiger charge is 2.17. The fourth-order valence-corrected chi connectivity index (χ4v) is 1.99. The topological polar surface area (TPSA) is 46.6 Å². The molecule has 0 atom stereocenters. The van der Waals surface area contributed by atoms with Gasteiger partial charge in [0.05, 0.1) is 18.7 Å². The van der Waals surface area contributed by atoms with Gasteiger partial charge in [0.1, 0.15) is 0 Å². The lowest BCUT2D eigenvalue weighted by Crippen LogP contribution is -2.23. The van der Waals surface area contributed by atoms with Crippen LogP contribution in [-0.4, -0.2) is 29.8 Å². The van der Waals surface area contributed by atoms with Gasteiger partial charge in [-0.15, -0.1) is 0 Å². The van der Waals surface area contributed by atoms with Crippen LogP contribution in [0.15, 0.2) is 54.3 Å². The van der Waals surface area contributed by atoms with Crippen molar-refractivity contribution in [2.75, 3.05) is 13.2 Å². The maximum Gasteiger partial charge on any atom is 0.335 e. The van der Waals surface area contributed by atoms with Gasteiger partial charge in [-0.1, -0.05) is 30.3 Å². The molecule has 0 saturated carbocycles. The third-order valence-electron chi connectivity index (χ3n) is 2.91. The molecular formula is C16H17NO3. The molecule has 0 radical (unpaired) electrons. The minimum absolute atomic E-state index is 0.191. The van der Waals surface area contributed by atoms with Crippen molar-refractivity contribution < 1.29 is 14.3 Å². The summed E-state index contributed by atoms with van der Waals surface area (Å²) in [5, 5.41) is 0. The second-order valence-electron chi connectivity index (χ2n) is 4.50. The van der Waals surface area contributed by atoms with Gasteiger partial charge >= 0.3 is 5.97 Å².